The maximum atomic E-state index is 13.2. The molecule has 3 N–H and O–H groups in total. The summed E-state index contributed by atoms with van der Waals surface area (Å²) in [7, 11) is 0. The fourth-order valence-corrected chi connectivity index (χ4v) is 4.62. The van der Waals surface area contributed by atoms with Crippen LogP contribution in [0.15, 0.2) is 106 Å². The van der Waals surface area contributed by atoms with Gasteiger partial charge in [-0.25, -0.2) is 0 Å². The van der Waals surface area contributed by atoms with E-state index >= 15 is 0 Å². The Hall–Kier alpha value is -5.16. The maximum Gasteiger partial charge on any atom is 0.272 e. The van der Waals surface area contributed by atoms with Gasteiger partial charge in [-0.1, -0.05) is 24.3 Å². The third-order valence-corrected chi connectivity index (χ3v) is 6.90. The summed E-state index contributed by atoms with van der Waals surface area (Å²) < 4.78 is 5.32. The minimum atomic E-state index is -0.563. The molecule has 3 amide bonds. The van der Waals surface area contributed by atoms with Crippen LogP contribution in [-0.4, -0.2) is 27.9 Å². The van der Waals surface area contributed by atoms with E-state index in [-0.39, 0.29) is 17.3 Å². The largest absolute Gasteiger partial charge is 0.465 e. The maximum absolute atomic E-state index is 13.2. The Morgan fingerprint density at radius 1 is 0.951 bits per heavy atom. The smallest absolute Gasteiger partial charge is 0.272 e. The van der Waals surface area contributed by atoms with Crippen LogP contribution in [-0.2, 0) is 9.59 Å². The molecule has 10 nitrogen and oxygen atoms in total. The molecule has 0 aliphatic rings. The summed E-state index contributed by atoms with van der Waals surface area (Å²) in [5.41, 5.74) is 1.84. The number of amides is 3. The lowest BCUT2D eigenvalue weighted by Gasteiger charge is -2.15. The highest BCUT2D eigenvalue weighted by molar-refractivity contribution is 8.00. The first-order valence-electron chi connectivity index (χ1n) is 12.4. The number of carbonyl (C=O) groups is 3. The number of nitrogens with one attached hydrogen (secondary N) is 3. The molecule has 0 fully saturated rings. The lowest BCUT2D eigenvalue weighted by molar-refractivity contribution is -0.384. The summed E-state index contributed by atoms with van der Waals surface area (Å²) in [6.07, 6.45) is 2.89. The van der Waals surface area contributed by atoms with Gasteiger partial charge in [-0.15, -0.1) is 11.8 Å². The number of anilines is 2. The summed E-state index contributed by atoms with van der Waals surface area (Å²) in [5.74, 6) is -0.914. The molecule has 1 atom stereocenters. The molecule has 41 heavy (non-hydrogen) atoms. The average Bonchev–Trinajstić information content (AvgIpc) is 3.47. The van der Waals surface area contributed by atoms with E-state index in [4.69, 9.17) is 4.42 Å². The van der Waals surface area contributed by atoms with Gasteiger partial charge >= 0.3 is 0 Å². The van der Waals surface area contributed by atoms with Crippen molar-refractivity contribution < 1.29 is 23.7 Å². The van der Waals surface area contributed by atoms with Crippen molar-refractivity contribution in [3.8, 4) is 0 Å². The van der Waals surface area contributed by atoms with E-state index < -0.39 is 22.0 Å². The molecule has 1 aromatic heterocycles. The molecule has 0 saturated carbocycles. The van der Waals surface area contributed by atoms with E-state index in [9.17, 15) is 24.5 Å². The highest BCUT2D eigenvalue weighted by atomic mass is 32.2. The van der Waals surface area contributed by atoms with E-state index in [0.717, 1.165) is 4.90 Å². The van der Waals surface area contributed by atoms with Crippen molar-refractivity contribution in [3.63, 3.8) is 0 Å². The first kappa shape index (κ1) is 28.8. The molecule has 0 saturated heterocycles. The molecule has 0 bridgehead atoms. The Morgan fingerprint density at radius 3 is 2.41 bits per heavy atom. The van der Waals surface area contributed by atoms with Gasteiger partial charge in [-0.2, -0.15) is 0 Å². The van der Waals surface area contributed by atoms with Crippen molar-refractivity contribution >= 4 is 52.6 Å². The van der Waals surface area contributed by atoms with Gasteiger partial charge in [-0.05, 0) is 67.9 Å². The molecule has 1 heterocycles. The SMILES string of the molecule is Cc1cc([N+](=O)[O-])ccc1NC(=O)C(C)Sc1cccc(NC(=O)/C(=C/c2ccco2)NC(=O)c2ccccc2)c1. The van der Waals surface area contributed by atoms with Gasteiger partial charge in [0.25, 0.3) is 17.5 Å². The number of nitro benzene ring substituents is 1. The van der Waals surface area contributed by atoms with Gasteiger partial charge in [0, 0.05) is 40.0 Å². The van der Waals surface area contributed by atoms with Crippen molar-refractivity contribution in [2.75, 3.05) is 10.6 Å². The third-order valence-electron chi connectivity index (χ3n) is 5.81. The van der Waals surface area contributed by atoms with E-state index in [1.165, 1.54) is 42.3 Å². The molecule has 11 heteroatoms. The fraction of sp³-hybridized carbons (Fsp3) is 0.100. The summed E-state index contributed by atoms with van der Waals surface area (Å²) in [6, 6.07) is 23.0. The van der Waals surface area contributed by atoms with Gasteiger partial charge < -0.3 is 20.4 Å². The van der Waals surface area contributed by atoms with E-state index in [2.05, 4.69) is 16.0 Å². The number of nitro groups is 1. The topological polar surface area (TPSA) is 144 Å². The number of aryl methyl sites for hydroxylation is 1. The Kier molecular flexibility index (Phi) is 9.33. The Morgan fingerprint density at radius 2 is 1.73 bits per heavy atom. The lowest BCUT2D eigenvalue weighted by Crippen LogP contribution is -2.30. The third kappa shape index (κ3) is 7.93. The Balaban J connectivity index is 1.43. The van der Waals surface area contributed by atoms with Crippen LogP contribution in [0.2, 0.25) is 0 Å². The molecular formula is C30H26N4O6S. The van der Waals surface area contributed by atoms with Crippen LogP contribution >= 0.6 is 11.8 Å². The predicted octanol–water partition coefficient (Wildman–Crippen LogP) is 6.03. The van der Waals surface area contributed by atoms with E-state index in [1.807, 2.05) is 0 Å². The number of nitrogens with zero attached hydrogens (tertiary/aromatic N) is 1. The molecule has 0 aliphatic heterocycles. The second kappa shape index (κ2) is 13.3. The van der Waals surface area contributed by atoms with Gasteiger partial charge in [0.05, 0.1) is 16.4 Å². The van der Waals surface area contributed by atoms with Gasteiger partial charge in [0.1, 0.15) is 11.5 Å². The van der Waals surface area contributed by atoms with Crippen molar-refractivity contribution in [1.29, 1.82) is 0 Å². The molecule has 4 aromatic rings. The molecule has 4 rings (SSSR count). The summed E-state index contributed by atoms with van der Waals surface area (Å²) in [5, 5.41) is 18.7. The van der Waals surface area contributed by atoms with Crippen LogP contribution < -0.4 is 16.0 Å². The van der Waals surface area contributed by atoms with Gasteiger partial charge in [0.15, 0.2) is 0 Å². The number of non-ortho nitro benzene ring substituents is 1. The monoisotopic (exact) mass is 570 g/mol. The number of furan rings is 1. The molecule has 1 unspecified atom stereocenters. The van der Waals surface area contributed by atoms with Crippen molar-refractivity contribution in [3.05, 3.63) is 124 Å². The molecule has 3 aromatic carbocycles. The molecule has 0 spiro atoms. The Labute approximate surface area is 240 Å². The second-order valence-corrected chi connectivity index (χ2v) is 10.3. The zero-order valence-electron chi connectivity index (χ0n) is 22.1. The number of rotatable bonds is 10. The summed E-state index contributed by atoms with van der Waals surface area (Å²) in [4.78, 5) is 50.0. The predicted molar refractivity (Wildman–Crippen MR) is 157 cm³/mol. The van der Waals surface area contributed by atoms with Crippen molar-refractivity contribution in [2.45, 2.75) is 24.0 Å². The van der Waals surface area contributed by atoms with E-state index in [1.54, 1.807) is 80.6 Å². The molecular weight excluding hydrogens is 544 g/mol. The van der Waals surface area contributed by atoms with Crippen molar-refractivity contribution in [1.82, 2.24) is 5.32 Å². The quantitative estimate of drug-likeness (QED) is 0.0915. The zero-order valence-corrected chi connectivity index (χ0v) is 22.9. The second-order valence-electron chi connectivity index (χ2n) is 8.88. The van der Waals surface area contributed by atoms with Crippen LogP contribution in [0, 0.1) is 17.0 Å². The highest BCUT2D eigenvalue weighted by Gasteiger charge is 2.19. The highest BCUT2D eigenvalue weighted by Crippen LogP contribution is 2.28. The van der Waals surface area contributed by atoms with Crippen LogP contribution in [0.25, 0.3) is 6.08 Å². The first-order chi connectivity index (χ1) is 19.7. The zero-order chi connectivity index (χ0) is 29.4. The fourth-order valence-electron chi connectivity index (χ4n) is 3.70. The average molecular weight is 571 g/mol. The van der Waals surface area contributed by atoms with Gasteiger partial charge in [-0.3, -0.25) is 24.5 Å². The Bertz CT molecular complexity index is 1600. The lowest BCUT2D eigenvalue weighted by atomic mass is 10.2. The minimum Gasteiger partial charge on any atom is -0.465 e. The number of hydrogen-bond acceptors (Lipinski definition) is 7. The van der Waals surface area contributed by atoms with Crippen LogP contribution in [0.5, 0.6) is 0 Å². The van der Waals surface area contributed by atoms with Crippen LogP contribution in [0.4, 0.5) is 17.1 Å². The molecule has 0 radical (unpaired) electrons. The van der Waals surface area contributed by atoms with Crippen LogP contribution in [0.1, 0.15) is 28.6 Å². The minimum absolute atomic E-state index is 0.0157. The number of hydrogen-bond donors (Lipinski definition) is 3. The normalized spacial score (nSPS) is 11.8. The van der Waals surface area contributed by atoms with E-state index in [0.29, 0.717) is 28.3 Å². The standard InChI is InChI=1S/C30H26N4O6S/c1-19-16-23(34(38)39)13-14-26(19)32-28(35)20(2)41-25-12-6-10-22(17-25)31-30(37)27(18-24-11-7-15-40-24)33-29(36)21-8-4-3-5-9-21/h3-18,20H,1-2H3,(H,31,37)(H,32,35)(H,33,36)/b27-18-. The molecule has 0 aliphatic carbocycles. The number of benzene rings is 3. The first-order valence-corrected chi connectivity index (χ1v) is 13.3. The molecule has 208 valence electrons. The summed E-state index contributed by atoms with van der Waals surface area (Å²) in [6.45, 7) is 3.42. The number of carbonyl (C=O) groups excluding carboxylic acids is 3. The van der Waals surface area contributed by atoms with Crippen molar-refractivity contribution in [2.24, 2.45) is 0 Å². The van der Waals surface area contributed by atoms with Gasteiger partial charge in [0.2, 0.25) is 5.91 Å². The number of thioether (sulfide) groups is 1. The summed E-state index contributed by atoms with van der Waals surface area (Å²) >= 11 is 1.28. The van der Waals surface area contributed by atoms with Crippen LogP contribution in [0.3, 0.4) is 0 Å².